The Hall–Kier alpha value is -3.46. The fourth-order valence-electron chi connectivity index (χ4n) is 3.21. The third-order valence-corrected chi connectivity index (χ3v) is 4.59. The van der Waals surface area contributed by atoms with E-state index in [2.05, 4.69) is 9.83 Å². The van der Waals surface area contributed by atoms with Crippen molar-refractivity contribution in [3.63, 3.8) is 0 Å². The van der Waals surface area contributed by atoms with Crippen LogP contribution < -0.4 is 0 Å². The van der Waals surface area contributed by atoms with Crippen molar-refractivity contribution in [3.8, 4) is 11.1 Å². The lowest BCUT2D eigenvalue weighted by atomic mass is 10.0. The van der Waals surface area contributed by atoms with Gasteiger partial charge in [0.25, 0.3) is 0 Å². The second-order valence-corrected chi connectivity index (χ2v) is 6.15. The Labute approximate surface area is 156 Å². The van der Waals surface area contributed by atoms with Gasteiger partial charge in [0.05, 0.1) is 19.2 Å². The number of carbonyl (C=O) groups is 1. The molecule has 0 bridgehead atoms. The number of halogens is 1. The number of pyridine rings is 1. The number of ether oxygens (including phenoxy) is 1. The van der Waals surface area contributed by atoms with Gasteiger partial charge in [0, 0.05) is 29.7 Å². The van der Waals surface area contributed by atoms with Crippen molar-refractivity contribution in [3.05, 3.63) is 82.5 Å². The lowest BCUT2D eigenvalue weighted by molar-refractivity contribution is 0.0600. The Kier molecular flexibility index (Phi) is 5.04. The molecule has 1 aromatic carbocycles. The Balaban J connectivity index is 2.15. The maximum absolute atomic E-state index is 13.1. The molecule has 5 nitrogen and oxygen atoms in total. The van der Waals surface area contributed by atoms with E-state index >= 15 is 0 Å². The zero-order valence-corrected chi connectivity index (χ0v) is 15.3. The molecule has 3 aromatic rings. The van der Waals surface area contributed by atoms with Gasteiger partial charge in [0.2, 0.25) is 5.95 Å². The number of nitrogens with zero attached hydrogens (tertiary/aromatic N) is 3. The second-order valence-electron chi connectivity index (χ2n) is 6.15. The summed E-state index contributed by atoms with van der Waals surface area (Å²) in [7, 11) is 1.35. The SMILES string of the molecule is [C-]#[N+]c1ccc(-c2c(C(=O)OC)c(C)n(Cc3ccc(F)nc3)c2C)cc1. The van der Waals surface area contributed by atoms with Crippen molar-refractivity contribution in [1.82, 2.24) is 9.55 Å². The molecule has 0 unspecified atom stereocenters. The molecule has 0 N–H and O–H groups in total. The minimum atomic E-state index is -0.532. The summed E-state index contributed by atoms with van der Waals surface area (Å²) in [6, 6.07) is 10.1. The van der Waals surface area contributed by atoms with E-state index < -0.39 is 11.9 Å². The largest absolute Gasteiger partial charge is 0.465 e. The van der Waals surface area contributed by atoms with Crippen molar-refractivity contribution in [1.29, 1.82) is 0 Å². The van der Waals surface area contributed by atoms with E-state index in [0.717, 1.165) is 28.1 Å². The molecule has 2 aromatic heterocycles. The minimum absolute atomic E-state index is 0.421. The highest BCUT2D eigenvalue weighted by Crippen LogP contribution is 2.34. The highest BCUT2D eigenvalue weighted by atomic mass is 19.1. The number of benzene rings is 1. The molecule has 0 saturated heterocycles. The molecule has 2 heterocycles. The number of esters is 1. The molecule has 6 heteroatoms. The molecule has 0 spiro atoms. The van der Waals surface area contributed by atoms with Crippen LogP contribution >= 0.6 is 0 Å². The molecule has 3 rings (SSSR count). The second kappa shape index (κ2) is 7.42. The average molecular weight is 363 g/mol. The number of hydrogen-bond acceptors (Lipinski definition) is 3. The van der Waals surface area contributed by atoms with E-state index in [1.54, 1.807) is 18.2 Å². The highest BCUT2D eigenvalue weighted by molar-refractivity contribution is 5.99. The normalized spacial score (nSPS) is 10.5. The van der Waals surface area contributed by atoms with Crippen LogP contribution in [0.4, 0.5) is 10.1 Å². The lowest BCUT2D eigenvalue weighted by Crippen LogP contribution is -2.07. The molecule has 136 valence electrons. The maximum atomic E-state index is 13.1. The summed E-state index contributed by atoms with van der Waals surface area (Å²) < 4.78 is 20.1. The first-order valence-electron chi connectivity index (χ1n) is 8.32. The van der Waals surface area contributed by atoms with E-state index in [1.165, 1.54) is 19.4 Å². The van der Waals surface area contributed by atoms with Crippen LogP contribution in [0.5, 0.6) is 0 Å². The molecule has 0 aliphatic carbocycles. The van der Waals surface area contributed by atoms with Gasteiger partial charge in [-0.25, -0.2) is 14.6 Å². The van der Waals surface area contributed by atoms with Crippen LogP contribution in [0.2, 0.25) is 0 Å². The van der Waals surface area contributed by atoms with Crippen LogP contribution in [-0.4, -0.2) is 22.6 Å². The van der Waals surface area contributed by atoms with Crippen LogP contribution in [0.15, 0.2) is 42.6 Å². The van der Waals surface area contributed by atoms with Crippen LogP contribution in [0, 0.1) is 26.4 Å². The molecule has 0 amide bonds. The Morgan fingerprint density at radius 1 is 1.19 bits per heavy atom. The molecule has 0 aliphatic heterocycles. The number of rotatable bonds is 4. The van der Waals surface area contributed by atoms with Crippen molar-refractivity contribution in [2.45, 2.75) is 20.4 Å². The zero-order valence-electron chi connectivity index (χ0n) is 15.3. The summed E-state index contributed by atoms with van der Waals surface area (Å²) in [6.07, 6.45) is 1.48. The van der Waals surface area contributed by atoms with Crippen molar-refractivity contribution >= 4 is 11.7 Å². The van der Waals surface area contributed by atoms with Gasteiger partial charge < -0.3 is 9.30 Å². The van der Waals surface area contributed by atoms with E-state index in [-0.39, 0.29) is 0 Å². The van der Waals surface area contributed by atoms with Crippen molar-refractivity contribution < 1.29 is 13.9 Å². The third-order valence-electron chi connectivity index (χ3n) is 4.59. The van der Waals surface area contributed by atoms with Crippen molar-refractivity contribution in [2.75, 3.05) is 7.11 Å². The van der Waals surface area contributed by atoms with Crippen LogP contribution in [0.1, 0.15) is 27.3 Å². The first-order chi connectivity index (χ1) is 13.0. The summed E-state index contributed by atoms with van der Waals surface area (Å²) in [5.41, 5.74) is 5.08. The van der Waals surface area contributed by atoms with Gasteiger partial charge in [-0.3, -0.25) is 0 Å². The fourth-order valence-corrected chi connectivity index (χ4v) is 3.21. The van der Waals surface area contributed by atoms with Gasteiger partial charge in [0.1, 0.15) is 0 Å². The molecular formula is C21H18FN3O2. The standard InChI is InChI=1S/C21H18FN3O2/c1-13-19(16-6-8-17(23-3)9-7-16)20(21(26)27-4)14(2)25(13)12-15-5-10-18(22)24-11-15/h5-11H,12H2,1-2,4H3. The summed E-state index contributed by atoms with van der Waals surface area (Å²) in [4.78, 5) is 19.6. The predicted molar refractivity (Wildman–Crippen MR) is 100 cm³/mol. The predicted octanol–water partition coefficient (Wildman–Crippen LogP) is 4.69. The molecule has 0 atom stereocenters. The van der Waals surface area contributed by atoms with Crippen molar-refractivity contribution in [2.24, 2.45) is 0 Å². The minimum Gasteiger partial charge on any atom is -0.465 e. The molecule has 0 saturated carbocycles. The molecular weight excluding hydrogens is 345 g/mol. The van der Waals surface area contributed by atoms with Gasteiger partial charge in [-0.1, -0.05) is 30.3 Å². The summed E-state index contributed by atoms with van der Waals surface area (Å²) in [6.45, 7) is 11.3. The number of carbonyl (C=O) groups excluding carboxylic acids is 1. The van der Waals surface area contributed by atoms with E-state index in [4.69, 9.17) is 11.3 Å². The highest BCUT2D eigenvalue weighted by Gasteiger charge is 2.24. The quantitative estimate of drug-likeness (QED) is 0.384. The molecule has 0 radical (unpaired) electrons. The van der Waals surface area contributed by atoms with Gasteiger partial charge in [-0.05, 0) is 31.0 Å². The molecule has 0 aliphatic rings. The Morgan fingerprint density at radius 3 is 2.44 bits per heavy atom. The Bertz CT molecular complexity index is 1030. The smallest absolute Gasteiger partial charge is 0.340 e. The van der Waals surface area contributed by atoms with Crippen LogP contribution in [0.25, 0.3) is 16.0 Å². The first kappa shape index (κ1) is 18.3. The summed E-state index contributed by atoms with van der Waals surface area (Å²) in [5, 5.41) is 0. The van der Waals surface area contributed by atoms with Crippen LogP contribution in [0.3, 0.4) is 0 Å². The average Bonchev–Trinajstić information content (AvgIpc) is 2.93. The van der Waals surface area contributed by atoms with Crippen LogP contribution in [-0.2, 0) is 11.3 Å². The topological polar surface area (TPSA) is 48.5 Å². The fraction of sp³-hybridized carbons (Fsp3) is 0.190. The van der Waals surface area contributed by atoms with Gasteiger partial charge in [-0.2, -0.15) is 4.39 Å². The first-order valence-corrected chi connectivity index (χ1v) is 8.32. The third kappa shape index (κ3) is 3.44. The number of hydrogen-bond donors (Lipinski definition) is 0. The van der Waals surface area contributed by atoms with E-state index in [0.29, 0.717) is 17.8 Å². The summed E-state index contributed by atoms with van der Waals surface area (Å²) in [5.74, 6) is -0.952. The Morgan fingerprint density at radius 2 is 1.89 bits per heavy atom. The van der Waals surface area contributed by atoms with Gasteiger partial charge in [0.15, 0.2) is 5.69 Å². The maximum Gasteiger partial charge on any atom is 0.340 e. The zero-order chi connectivity index (χ0) is 19.6. The van der Waals surface area contributed by atoms with E-state index in [9.17, 15) is 9.18 Å². The lowest BCUT2D eigenvalue weighted by Gasteiger charge is -2.10. The van der Waals surface area contributed by atoms with E-state index in [1.807, 2.05) is 30.5 Å². The molecule has 0 fully saturated rings. The van der Waals surface area contributed by atoms with Gasteiger partial charge >= 0.3 is 5.97 Å². The summed E-state index contributed by atoms with van der Waals surface area (Å²) >= 11 is 0. The monoisotopic (exact) mass is 363 g/mol. The number of aromatic nitrogens is 2. The molecule has 27 heavy (non-hydrogen) atoms. The van der Waals surface area contributed by atoms with Gasteiger partial charge in [-0.15, -0.1) is 0 Å². The number of methoxy groups -OCH3 is 1.